The number of carbonyl (C=O) groups excluding carboxylic acids is 1. The van der Waals surface area contributed by atoms with Gasteiger partial charge in [-0.15, -0.1) is 0 Å². The van der Waals surface area contributed by atoms with E-state index in [0.717, 1.165) is 17.7 Å². The van der Waals surface area contributed by atoms with Crippen LogP contribution in [-0.4, -0.2) is 28.7 Å². The molecule has 0 aliphatic carbocycles. The van der Waals surface area contributed by atoms with Gasteiger partial charge in [0.2, 0.25) is 5.91 Å². The Hall–Kier alpha value is -1.36. The summed E-state index contributed by atoms with van der Waals surface area (Å²) in [4.78, 5) is 11.5. The molecule has 1 aromatic heterocycles. The van der Waals surface area contributed by atoms with Gasteiger partial charge in [-0.2, -0.15) is 5.10 Å². The summed E-state index contributed by atoms with van der Waals surface area (Å²) in [7, 11) is 0. The van der Waals surface area contributed by atoms with Crippen LogP contribution in [0.4, 0.5) is 0 Å². The molecule has 0 spiro atoms. The number of aromatic nitrogens is 2. The number of carbonyl (C=O) groups is 1. The van der Waals surface area contributed by atoms with E-state index in [0.29, 0.717) is 19.1 Å². The van der Waals surface area contributed by atoms with Crippen LogP contribution in [0.5, 0.6) is 0 Å². The van der Waals surface area contributed by atoms with E-state index in [2.05, 4.69) is 34.7 Å². The van der Waals surface area contributed by atoms with Crippen molar-refractivity contribution in [1.29, 1.82) is 0 Å². The molecule has 1 amide bonds. The van der Waals surface area contributed by atoms with Crippen LogP contribution >= 0.6 is 0 Å². The third-order valence-corrected chi connectivity index (χ3v) is 2.63. The lowest BCUT2D eigenvalue weighted by molar-refractivity contribution is -0.120. The van der Waals surface area contributed by atoms with Crippen molar-refractivity contribution in [3.63, 3.8) is 0 Å². The van der Waals surface area contributed by atoms with Crippen molar-refractivity contribution in [2.75, 3.05) is 6.54 Å². The Bertz CT molecular complexity index is 334. The van der Waals surface area contributed by atoms with Crippen LogP contribution in [0.3, 0.4) is 0 Å². The molecule has 5 heteroatoms. The number of aromatic amines is 1. The summed E-state index contributed by atoms with van der Waals surface area (Å²) >= 11 is 0. The summed E-state index contributed by atoms with van der Waals surface area (Å²) in [5.41, 5.74) is 2.02. The zero-order valence-corrected chi connectivity index (χ0v) is 10.1. The number of hydrogen-bond donors (Lipinski definition) is 3. The van der Waals surface area contributed by atoms with E-state index < -0.39 is 0 Å². The number of rotatable bonds is 6. The van der Waals surface area contributed by atoms with E-state index in [1.54, 1.807) is 6.20 Å². The highest BCUT2D eigenvalue weighted by Gasteiger charge is 2.05. The normalized spacial score (nSPS) is 12.4. The molecule has 0 saturated heterocycles. The number of amides is 1. The third kappa shape index (κ3) is 4.02. The molecule has 0 fully saturated rings. The minimum Gasteiger partial charge on any atom is -0.351 e. The number of aryl methyl sites for hydroxylation is 1. The second kappa shape index (κ2) is 6.27. The van der Waals surface area contributed by atoms with Crippen molar-refractivity contribution < 1.29 is 4.79 Å². The van der Waals surface area contributed by atoms with Gasteiger partial charge in [-0.1, -0.05) is 6.92 Å². The van der Waals surface area contributed by atoms with Crippen molar-refractivity contribution >= 4 is 5.91 Å². The standard InChI is InChI=1S/C11H20N4O/c1-4-8(2)12-7-11(16)13-5-10-6-14-15-9(10)3/h6,8,12H,4-5,7H2,1-3H3,(H,13,16)(H,14,15). The van der Waals surface area contributed by atoms with Gasteiger partial charge in [0.15, 0.2) is 0 Å². The Balaban J connectivity index is 2.23. The molecule has 5 nitrogen and oxygen atoms in total. The summed E-state index contributed by atoms with van der Waals surface area (Å²) in [6.07, 6.45) is 2.76. The first-order valence-corrected chi connectivity index (χ1v) is 5.62. The van der Waals surface area contributed by atoms with Gasteiger partial charge in [0.25, 0.3) is 0 Å². The van der Waals surface area contributed by atoms with E-state index in [1.165, 1.54) is 0 Å². The van der Waals surface area contributed by atoms with Crippen molar-refractivity contribution in [2.45, 2.75) is 39.8 Å². The number of nitrogens with one attached hydrogen (secondary N) is 3. The Morgan fingerprint density at radius 3 is 2.94 bits per heavy atom. The molecule has 16 heavy (non-hydrogen) atoms. The molecular weight excluding hydrogens is 204 g/mol. The lowest BCUT2D eigenvalue weighted by Crippen LogP contribution is -2.37. The average Bonchev–Trinajstić information content (AvgIpc) is 2.69. The summed E-state index contributed by atoms with van der Waals surface area (Å²) < 4.78 is 0. The SMILES string of the molecule is CCC(C)NCC(=O)NCc1cn[nH]c1C. The minimum atomic E-state index is 0.0147. The highest BCUT2D eigenvalue weighted by Crippen LogP contribution is 2.00. The molecule has 90 valence electrons. The Morgan fingerprint density at radius 1 is 1.62 bits per heavy atom. The quantitative estimate of drug-likeness (QED) is 0.667. The molecule has 0 aromatic carbocycles. The van der Waals surface area contributed by atoms with Crippen LogP contribution in [0.2, 0.25) is 0 Å². The summed E-state index contributed by atoms with van der Waals surface area (Å²) in [5, 5.41) is 12.7. The van der Waals surface area contributed by atoms with Crippen LogP contribution < -0.4 is 10.6 Å². The first-order chi connectivity index (χ1) is 7.63. The van der Waals surface area contributed by atoms with Crippen LogP contribution in [0.25, 0.3) is 0 Å². The molecule has 1 unspecified atom stereocenters. The van der Waals surface area contributed by atoms with E-state index in [9.17, 15) is 4.79 Å². The largest absolute Gasteiger partial charge is 0.351 e. The zero-order chi connectivity index (χ0) is 12.0. The molecular formula is C11H20N4O. The number of nitrogens with zero attached hydrogens (tertiary/aromatic N) is 1. The van der Waals surface area contributed by atoms with Crippen molar-refractivity contribution in [3.8, 4) is 0 Å². The van der Waals surface area contributed by atoms with Crippen molar-refractivity contribution in [3.05, 3.63) is 17.5 Å². The predicted molar refractivity (Wildman–Crippen MR) is 62.9 cm³/mol. The van der Waals surface area contributed by atoms with Gasteiger partial charge >= 0.3 is 0 Å². The summed E-state index contributed by atoms with van der Waals surface area (Å²) in [5.74, 6) is 0.0147. The van der Waals surface area contributed by atoms with Crippen LogP contribution in [0.15, 0.2) is 6.20 Å². The molecule has 0 aliphatic heterocycles. The third-order valence-electron chi connectivity index (χ3n) is 2.63. The van der Waals surface area contributed by atoms with E-state index >= 15 is 0 Å². The van der Waals surface area contributed by atoms with Gasteiger partial charge < -0.3 is 10.6 Å². The highest BCUT2D eigenvalue weighted by atomic mass is 16.1. The summed E-state index contributed by atoms with van der Waals surface area (Å²) in [6, 6.07) is 0.376. The lowest BCUT2D eigenvalue weighted by atomic mass is 10.2. The zero-order valence-electron chi connectivity index (χ0n) is 10.1. The maximum atomic E-state index is 11.5. The predicted octanol–water partition coefficient (Wildman–Crippen LogP) is 0.722. The Morgan fingerprint density at radius 2 is 2.38 bits per heavy atom. The van der Waals surface area contributed by atoms with Gasteiger partial charge in [0.1, 0.15) is 0 Å². The first kappa shape index (κ1) is 12.7. The first-order valence-electron chi connectivity index (χ1n) is 5.62. The van der Waals surface area contributed by atoms with Gasteiger partial charge in [0.05, 0.1) is 12.7 Å². The smallest absolute Gasteiger partial charge is 0.234 e. The number of H-pyrrole nitrogens is 1. The van der Waals surface area contributed by atoms with E-state index in [1.807, 2.05) is 6.92 Å². The van der Waals surface area contributed by atoms with E-state index in [-0.39, 0.29) is 5.91 Å². The minimum absolute atomic E-state index is 0.0147. The van der Waals surface area contributed by atoms with Gasteiger partial charge in [-0.25, -0.2) is 0 Å². The van der Waals surface area contributed by atoms with Crippen LogP contribution in [-0.2, 0) is 11.3 Å². The van der Waals surface area contributed by atoms with Gasteiger partial charge in [-0.3, -0.25) is 9.89 Å². The molecule has 0 bridgehead atoms. The summed E-state index contributed by atoms with van der Waals surface area (Å²) in [6.45, 7) is 6.99. The van der Waals surface area contributed by atoms with Crippen molar-refractivity contribution in [1.82, 2.24) is 20.8 Å². The second-order valence-corrected chi connectivity index (χ2v) is 3.99. The molecule has 1 atom stereocenters. The monoisotopic (exact) mass is 224 g/mol. The molecule has 1 rings (SSSR count). The topological polar surface area (TPSA) is 69.8 Å². The lowest BCUT2D eigenvalue weighted by Gasteiger charge is -2.10. The van der Waals surface area contributed by atoms with Gasteiger partial charge in [0, 0.05) is 23.8 Å². The Labute approximate surface area is 96.0 Å². The fourth-order valence-electron chi connectivity index (χ4n) is 1.22. The number of hydrogen-bond acceptors (Lipinski definition) is 3. The molecule has 1 aromatic rings. The molecule has 0 radical (unpaired) electrons. The molecule has 0 aliphatic rings. The highest BCUT2D eigenvalue weighted by molar-refractivity contribution is 5.78. The fourth-order valence-corrected chi connectivity index (χ4v) is 1.22. The van der Waals surface area contributed by atoms with Crippen molar-refractivity contribution in [2.24, 2.45) is 0 Å². The maximum absolute atomic E-state index is 11.5. The second-order valence-electron chi connectivity index (χ2n) is 3.99. The average molecular weight is 224 g/mol. The maximum Gasteiger partial charge on any atom is 0.234 e. The van der Waals surface area contributed by atoms with Crippen LogP contribution in [0, 0.1) is 6.92 Å². The fraction of sp³-hybridized carbons (Fsp3) is 0.636. The Kier molecular flexibility index (Phi) is 4.98. The molecule has 3 N–H and O–H groups in total. The molecule has 1 heterocycles. The molecule has 0 saturated carbocycles. The van der Waals surface area contributed by atoms with Gasteiger partial charge in [-0.05, 0) is 20.3 Å². The van der Waals surface area contributed by atoms with E-state index in [4.69, 9.17) is 0 Å². The van der Waals surface area contributed by atoms with Crippen LogP contribution in [0.1, 0.15) is 31.5 Å².